The molecule has 0 saturated carbocycles. The van der Waals surface area contributed by atoms with E-state index < -0.39 is 6.03 Å². The summed E-state index contributed by atoms with van der Waals surface area (Å²) in [6.45, 7) is 1.60. The Labute approximate surface area is 86.4 Å². The van der Waals surface area contributed by atoms with Gasteiger partial charge >= 0.3 is 6.03 Å². The highest BCUT2D eigenvalue weighted by Gasteiger charge is 2.23. The summed E-state index contributed by atoms with van der Waals surface area (Å²) in [4.78, 5) is 29.9. The predicted molar refractivity (Wildman–Crippen MR) is 56.7 cm³/mol. The fraction of sp³-hybridized carbons (Fsp3) is 0.0909. The lowest BCUT2D eigenvalue weighted by Gasteiger charge is -1.98. The molecule has 0 N–H and O–H groups in total. The number of carbonyl (C=O) groups excluding carboxylic acids is 2. The summed E-state index contributed by atoms with van der Waals surface area (Å²) < 4.78 is 0. The molecule has 0 saturated heterocycles. The van der Waals surface area contributed by atoms with Gasteiger partial charge in [-0.05, 0) is 6.92 Å². The minimum atomic E-state index is -0.605. The molecule has 74 valence electrons. The molecule has 15 heavy (non-hydrogen) atoms. The molecule has 0 spiro atoms. The molecule has 1 aliphatic rings. The van der Waals surface area contributed by atoms with Gasteiger partial charge in [0.1, 0.15) is 5.71 Å². The SMILES string of the molecule is CC1=NC(=O)N=C1C(=O)c1ccccc1. The number of benzene rings is 1. The van der Waals surface area contributed by atoms with E-state index in [1.807, 2.05) is 6.07 Å². The van der Waals surface area contributed by atoms with Crippen LogP contribution in [0.4, 0.5) is 4.79 Å². The number of Topliss-reactive ketones (excluding diaryl/α,β-unsaturated/α-hetero) is 1. The molecule has 1 aliphatic heterocycles. The van der Waals surface area contributed by atoms with Crippen LogP contribution in [0.25, 0.3) is 0 Å². The van der Waals surface area contributed by atoms with Crippen LogP contribution in [0, 0.1) is 0 Å². The third-order valence-corrected chi connectivity index (χ3v) is 2.06. The fourth-order valence-electron chi connectivity index (χ4n) is 1.34. The Balaban J connectivity index is 2.36. The summed E-state index contributed by atoms with van der Waals surface area (Å²) in [5.74, 6) is -0.261. The minimum Gasteiger partial charge on any atom is -0.287 e. The van der Waals surface area contributed by atoms with Gasteiger partial charge in [0.15, 0.2) is 0 Å². The average Bonchev–Trinajstić information content (AvgIpc) is 2.58. The van der Waals surface area contributed by atoms with Crippen LogP contribution in [0.2, 0.25) is 0 Å². The van der Waals surface area contributed by atoms with E-state index in [4.69, 9.17) is 0 Å². The van der Waals surface area contributed by atoms with E-state index in [0.717, 1.165) is 0 Å². The van der Waals surface area contributed by atoms with Crippen molar-refractivity contribution in [1.29, 1.82) is 0 Å². The Morgan fingerprint density at radius 1 is 1.13 bits per heavy atom. The summed E-state index contributed by atoms with van der Waals surface area (Å²) in [5, 5.41) is 0. The number of rotatable bonds is 2. The van der Waals surface area contributed by atoms with E-state index in [1.54, 1.807) is 31.2 Å². The van der Waals surface area contributed by atoms with Crippen molar-refractivity contribution >= 4 is 23.2 Å². The lowest BCUT2D eigenvalue weighted by Crippen LogP contribution is -2.19. The summed E-state index contributed by atoms with van der Waals surface area (Å²) in [7, 11) is 0. The van der Waals surface area contributed by atoms with E-state index in [1.165, 1.54) is 0 Å². The van der Waals surface area contributed by atoms with Crippen molar-refractivity contribution in [1.82, 2.24) is 0 Å². The maximum Gasteiger partial charge on any atom is 0.368 e. The largest absolute Gasteiger partial charge is 0.368 e. The van der Waals surface area contributed by atoms with E-state index in [0.29, 0.717) is 11.3 Å². The predicted octanol–water partition coefficient (Wildman–Crippen LogP) is 1.90. The lowest BCUT2D eigenvalue weighted by molar-refractivity contribution is 0.106. The standard InChI is InChI=1S/C11H8N2O2/c1-7-9(13-11(15)12-7)10(14)8-5-3-2-4-6-8/h2-6H,1H3. The zero-order chi connectivity index (χ0) is 10.8. The van der Waals surface area contributed by atoms with Gasteiger partial charge in [0.25, 0.3) is 0 Å². The quantitative estimate of drug-likeness (QED) is 0.684. The first-order valence-corrected chi connectivity index (χ1v) is 4.46. The van der Waals surface area contributed by atoms with Crippen molar-refractivity contribution in [3.8, 4) is 0 Å². The molecule has 0 bridgehead atoms. The molecular weight excluding hydrogens is 192 g/mol. The van der Waals surface area contributed by atoms with E-state index in [9.17, 15) is 9.59 Å². The van der Waals surface area contributed by atoms with Crippen molar-refractivity contribution < 1.29 is 9.59 Å². The average molecular weight is 200 g/mol. The molecule has 2 amide bonds. The van der Waals surface area contributed by atoms with Crippen molar-refractivity contribution in [3.63, 3.8) is 0 Å². The summed E-state index contributed by atoms with van der Waals surface area (Å²) in [6.07, 6.45) is 0. The number of aliphatic imine (C=N–C) groups is 2. The summed E-state index contributed by atoms with van der Waals surface area (Å²) in [6, 6.07) is 8.10. The number of hydrogen-bond acceptors (Lipinski definition) is 2. The van der Waals surface area contributed by atoms with Gasteiger partial charge in [0.05, 0.1) is 5.71 Å². The maximum absolute atomic E-state index is 11.8. The highest BCUT2D eigenvalue weighted by molar-refractivity contribution is 6.72. The van der Waals surface area contributed by atoms with Crippen LogP contribution in [-0.4, -0.2) is 23.2 Å². The van der Waals surface area contributed by atoms with Crippen molar-refractivity contribution in [3.05, 3.63) is 35.9 Å². The molecule has 4 heteroatoms. The normalized spacial score (nSPS) is 14.9. The topological polar surface area (TPSA) is 58.9 Å². The lowest BCUT2D eigenvalue weighted by atomic mass is 10.0. The molecule has 1 heterocycles. The molecule has 1 aromatic carbocycles. The van der Waals surface area contributed by atoms with E-state index >= 15 is 0 Å². The number of hydrogen-bond donors (Lipinski definition) is 0. The van der Waals surface area contributed by atoms with Crippen LogP contribution in [0.1, 0.15) is 17.3 Å². The van der Waals surface area contributed by atoms with E-state index in [-0.39, 0.29) is 11.5 Å². The smallest absolute Gasteiger partial charge is 0.287 e. The van der Waals surface area contributed by atoms with Crippen molar-refractivity contribution in [2.24, 2.45) is 9.98 Å². The Bertz CT molecular complexity index is 487. The summed E-state index contributed by atoms with van der Waals surface area (Å²) in [5.41, 5.74) is 1.04. The van der Waals surface area contributed by atoms with Crippen molar-refractivity contribution in [2.45, 2.75) is 6.92 Å². The Hall–Kier alpha value is -2.10. The van der Waals surface area contributed by atoms with Crippen LogP contribution in [0.3, 0.4) is 0 Å². The minimum absolute atomic E-state index is 0.145. The van der Waals surface area contributed by atoms with Gasteiger partial charge in [-0.3, -0.25) is 4.79 Å². The highest BCUT2D eigenvalue weighted by atomic mass is 16.2. The first-order chi connectivity index (χ1) is 7.18. The number of carbonyl (C=O) groups is 2. The van der Waals surface area contributed by atoms with Gasteiger partial charge < -0.3 is 0 Å². The van der Waals surface area contributed by atoms with Crippen LogP contribution in [0.5, 0.6) is 0 Å². The fourth-order valence-corrected chi connectivity index (χ4v) is 1.34. The Kier molecular flexibility index (Phi) is 2.25. The highest BCUT2D eigenvalue weighted by Crippen LogP contribution is 2.07. The third-order valence-electron chi connectivity index (χ3n) is 2.06. The van der Waals surface area contributed by atoms with Gasteiger partial charge in [0.2, 0.25) is 5.78 Å². The molecule has 0 unspecified atom stereocenters. The molecule has 2 rings (SSSR count). The van der Waals surface area contributed by atoms with Gasteiger partial charge in [0, 0.05) is 5.56 Å². The van der Waals surface area contributed by atoms with Gasteiger partial charge in [-0.15, -0.1) is 0 Å². The molecule has 0 aromatic heterocycles. The number of urea groups is 1. The molecule has 4 nitrogen and oxygen atoms in total. The van der Waals surface area contributed by atoms with Crippen molar-refractivity contribution in [2.75, 3.05) is 0 Å². The first-order valence-electron chi connectivity index (χ1n) is 4.46. The second-order valence-corrected chi connectivity index (χ2v) is 3.14. The van der Waals surface area contributed by atoms with Crippen LogP contribution in [0.15, 0.2) is 40.3 Å². The molecule has 0 radical (unpaired) electrons. The van der Waals surface area contributed by atoms with Crippen LogP contribution >= 0.6 is 0 Å². The van der Waals surface area contributed by atoms with E-state index in [2.05, 4.69) is 9.98 Å². The molecule has 1 aromatic rings. The Morgan fingerprint density at radius 2 is 1.80 bits per heavy atom. The third kappa shape index (κ3) is 1.74. The second-order valence-electron chi connectivity index (χ2n) is 3.14. The Morgan fingerprint density at radius 3 is 2.33 bits per heavy atom. The number of ketones is 1. The second kappa shape index (κ2) is 3.57. The van der Waals surface area contributed by atoms with Gasteiger partial charge in [-0.25, -0.2) is 4.79 Å². The molecule has 0 atom stereocenters. The zero-order valence-corrected chi connectivity index (χ0v) is 8.10. The van der Waals surface area contributed by atoms with Gasteiger partial charge in [-0.2, -0.15) is 9.98 Å². The number of amides is 2. The van der Waals surface area contributed by atoms with Gasteiger partial charge in [-0.1, -0.05) is 30.3 Å². The van der Waals surface area contributed by atoms with Crippen LogP contribution in [-0.2, 0) is 0 Å². The first kappa shape index (κ1) is 9.45. The maximum atomic E-state index is 11.8. The van der Waals surface area contributed by atoms with Crippen LogP contribution < -0.4 is 0 Å². The number of nitrogens with zero attached hydrogens (tertiary/aromatic N) is 2. The zero-order valence-electron chi connectivity index (χ0n) is 8.10. The summed E-state index contributed by atoms with van der Waals surface area (Å²) >= 11 is 0. The molecular formula is C11H8N2O2. The monoisotopic (exact) mass is 200 g/mol. The molecule has 0 fully saturated rings. The molecule has 0 aliphatic carbocycles.